The first kappa shape index (κ1) is 41.5. The van der Waals surface area contributed by atoms with Crippen LogP contribution in [-0.2, 0) is 19.6 Å². The van der Waals surface area contributed by atoms with Crippen LogP contribution in [0.15, 0.2) is 47.4 Å². The van der Waals surface area contributed by atoms with Gasteiger partial charge in [0.15, 0.2) is 0 Å². The molecule has 0 atom stereocenters. The minimum atomic E-state index is -4.81. The van der Waals surface area contributed by atoms with Crippen LogP contribution in [0.4, 0.5) is 0 Å². The molecule has 9 heteroatoms. The number of esters is 2. The van der Waals surface area contributed by atoms with Crippen molar-refractivity contribution < 1.29 is 61.6 Å². The standard InChI is InChI=1S/C34H54O7S.Na/c1-3-5-7-9-11-13-15-17-19-21-23-27-40-33(35)31-26-25-30(42(37,38)39)29-32(31)34(36)41-28-24-22-20-18-16-14-12-10-8-6-4-2;/h15-18,25-26,29H,3-14,19-24,27-28H2,1-2H3,(H,37,38,39);/q;+1/p-1/b17-15+,18-16+;. The number of carbonyl (C=O) groups excluding carboxylic acids is 2. The Hall–Kier alpha value is -1.45. The summed E-state index contributed by atoms with van der Waals surface area (Å²) in [5.41, 5.74) is -0.390. The number of unbranched alkanes of at least 4 members (excludes halogenated alkanes) is 14. The molecule has 0 heterocycles. The molecule has 0 spiro atoms. The van der Waals surface area contributed by atoms with Crippen LogP contribution in [0.5, 0.6) is 0 Å². The van der Waals surface area contributed by atoms with E-state index in [0.29, 0.717) is 12.8 Å². The predicted molar refractivity (Wildman–Crippen MR) is 168 cm³/mol. The van der Waals surface area contributed by atoms with E-state index >= 15 is 0 Å². The van der Waals surface area contributed by atoms with Gasteiger partial charge in [-0.15, -0.1) is 0 Å². The second kappa shape index (κ2) is 26.9. The van der Waals surface area contributed by atoms with E-state index < -0.39 is 27.0 Å². The Morgan fingerprint density at radius 1 is 0.628 bits per heavy atom. The summed E-state index contributed by atoms with van der Waals surface area (Å²) in [6.07, 6.45) is 28.2. The van der Waals surface area contributed by atoms with Gasteiger partial charge in [-0.2, -0.15) is 0 Å². The Morgan fingerprint density at radius 3 is 1.44 bits per heavy atom. The summed E-state index contributed by atoms with van der Waals surface area (Å²) in [4.78, 5) is 24.9. The molecule has 0 N–H and O–H groups in total. The van der Waals surface area contributed by atoms with Gasteiger partial charge in [-0.05, 0) is 82.4 Å². The minimum absolute atomic E-state index is 0. The normalized spacial score (nSPS) is 11.6. The monoisotopic (exact) mass is 628 g/mol. The van der Waals surface area contributed by atoms with Crippen molar-refractivity contribution in [2.45, 2.75) is 134 Å². The number of carbonyl (C=O) groups is 2. The molecule has 0 unspecified atom stereocenters. The maximum absolute atomic E-state index is 12.8. The van der Waals surface area contributed by atoms with Crippen molar-refractivity contribution >= 4 is 22.1 Å². The molecule has 0 radical (unpaired) electrons. The topological polar surface area (TPSA) is 110 Å². The summed E-state index contributed by atoms with van der Waals surface area (Å²) in [5.74, 6) is -1.60. The van der Waals surface area contributed by atoms with Crippen molar-refractivity contribution in [3.05, 3.63) is 53.6 Å². The number of allylic oxidation sites excluding steroid dienone is 4. The van der Waals surface area contributed by atoms with Crippen LogP contribution in [-0.4, -0.2) is 38.1 Å². The summed E-state index contributed by atoms with van der Waals surface area (Å²) in [6.45, 7) is 4.71. The Kier molecular flexibility index (Phi) is 26.0. The molecule has 1 rings (SSSR count). The van der Waals surface area contributed by atoms with Crippen LogP contribution in [0.2, 0.25) is 0 Å². The number of ether oxygens (including phenoxy) is 2. The molecule has 0 aliphatic heterocycles. The summed E-state index contributed by atoms with van der Waals surface area (Å²) in [7, 11) is -4.81. The average Bonchev–Trinajstić information content (AvgIpc) is 2.97. The molecule has 43 heavy (non-hydrogen) atoms. The zero-order valence-electron chi connectivity index (χ0n) is 26.9. The summed E-state index contributed by atoms with van der Waals surface area (Å²) < 4.78 is 45.2. The van der Waals surface area contributed by atoms with Gasteiger partial charge in [-0.25, -0.2) is 18.0 Å². The average molecular weight is 629 g/mol. The van der Waals surface area contributed by atoms with E-state index in [1.54, 1.807) is 0 Å². The van der Waals surface area contributed by atoms with Crippen LogP contribution in [0, 0.1) is 0 Å². The Labute approximate surface area is 283 Å². The van der Waals surface area contributed by atoms with Gasteiger partial charge in [0.25, 0.3) is 0 Å². The molecule has 7 nitrogen and oxygen atoms in total. The van der Waals surface area contributed by atoms with Gasteiger partial charge in [0.05, 0.1) is 29.2 Å². The van der Waals surface area contributed by atoms with E-state index in [1.807, 2.05) is 0 Å². The second-order valence-corrected chi connectivity index (χ2v) is 12.2. The van der Waals surface area contributed by atoms with Crippen LogP contribution in [0.1, 0.15) is 150 Å². The van der Waals surface area contributed by atoms with Crippen LogP contribution in [0.3, 0.4) is 0 Å². The molecule has 1 aromatic rings. The largest absolute Gasteiger partial charge is 1.00 e. The first-order chi connectivity index (χ1) is 20.3. The fraction of sp³-hybridized carbons (Fsp3) is 0.647. The molecule has 0 aromatic heterocycles. The predicted octanol–water partition coefficient (Wildman–Crippen LogP) is 6.08. The van der Waals surface area contributed by atoms with Gasteiger partial charge < -0.3 is 14.0 Å². The zero-order chi connectivity index (χ0) is 30.9. The van der Waals surface area contributed by atoms with Gasteiger partial charge in [-0.3, -0.25) is 0 Å². The van der Waals surface area contributed by atoms with Gasteiger partial charge in [0.1, 0.15) is 10.1 Å². The van der Waals surface area contributed by atoms with Gasteiger partial charge in [-0.1, -0.05) is 89.5 Å². The maximum atomic E-state index is 12.8. The third-order valence-corrected chi connectivity index (χ3v) is 7.83. The van der Waals surface area contributed by atoms with Gasteiger partial charge >= 0.3 is 41.5 Å². The van der Waals surface area contributed by atoms with Crippen LogP contribution >= 0.6 is 0 Å². The number of hydrogen-bond donors (Lipinski definition) is 0. The van der Waals surface area contributed by atoms with E-state index in [1.165, 1.54) is 64.2 Å². The number of benzene rings is 1. The second-order valence-electron chi connectivity index (χ2n) is 10.8. The molecule has 0 aliphatic carbocycles. The number of rotatable bonds is 25. The van der Waals surface area contributed by atoms with Crippen molar-refractivity contribution in [3.8, 4) is 0 Å². The van der Waals surface area contributed by atoms with E-state index in [9.17, 15) is 22.6 Å². The van der Waals surface area contributed by atoms with Crippen molar-refractivity contribution in [1.29, 1.82) is 0 Å². The van der Waals surface area contributed by atoms with Crippen LogP contribution < -0.4 is 29.6 Å². The fourth-order valence-electron chi connectivity index (χ4n) is 4.44. The van der Waals surface area contributed by atoms with E-state index in [2.05, 4.69) is 38.2 Å². The number of hydrogen-bond acceptors (Lipinski definition) is 7. The Bertz CT molecular complexity index is 1050. The molecule has 1 aromatic carbocycles. The van der Waals surface area contributed by atoms with E-state index in [4.69, 9.17) is 9.47 Å². The van der Waals surface area contributed by atoms with Gasteiger partial charge in [0.2, 0.25) is 0 Å². The SMILES string of the molecule is CCCCCCC/C=C/CCCCOC(=O)c1ccc(S(=O)(=O)[O-])cc1C(=O)OCCCC/C=C/CCCCCCC.[Na+]. The van der Waals surface area contributed by atoms with Crippen LogP contribution in [0.25, 0.3) is 0 Å². The smallest absolute Gasteiger partial charge is 0.744 e. The summed E-state index contributed by atoms with van der Waals surface area (Å²) in [5, 5.41) is 0. The van der Waals surface area contributed by atoms with E-state index in [0.717, 1.165) is 56.7 Å². The van der Waals surface area contributed by atoms with Crippen molar-refractivity contribution in [1.82, 2.24) is 0 Å². The minimum Gasteiger partial charge on any atom is -0.744 e. The molecule has 0 saturated heterocycles. The first-order valence-electron chi connectivity index (χ1n) is 16.0. The quantitative estimate of drug-likeness (QED) is 0.0424. The molecule has 0 bridgehead atoms. The molecular formula is C34H53NaO7S. The Balaban J connectivity index is 0.0000176. The third-order valence-electron chi connectivity index (χ3n) is 7.00. The van der Waals surface area contributed by atoms with Crippen molar-refractivity contribution in [2.24, 2.45) is 0 Å². The summed E-state index contributed by atoms with van der Waals surface area (Å²) in [6, 6.07) is 3.05. The van der Waals surface area contributed by atoms with Gasteiger partial charge in [0, 0.05) is 0 Å². The Morgan fingerprint density at radius 2 is 1.02 bits per heavy atom. The van der Waals surface area contributed by atoms with E-state index in [-0.39, 0.29) is 53.9 Å². The molecule has 0 saturated carbocycles. The fourth-order valence-corrected chi connectivity index (χ4v) is 4.94. The summed E-state index contributed by atoms with van der Waals surface area (Å²) >= 11 is 0. The van der Waals surface area contributed by atoms with Crippen molar-refractivity contribution in [2.75, 3.05) is 13.2 Å². The molecular weight excluding hydrogens is 575 g/mol. The molecule has 0 fully saturated rings. The molecule has 0 amide bonds. The zero-order valence-corrected chi connectivity index (χ0v) is 29.8. The third kappa shape index (κ3) is 21.0. The molecule has 0 aliphatic rings. The maximum Gasteiger partial charge on any atom is 1.00 e. The molecule has 238 valence electrons. The van der Waals surface area contributed by atoms with Crippen molar-refractivity contribution in [3.63, 3.8) is 0 Å². The first-order valence-corrected chi connectivity index (χ1v) is 17.5.